The van der Waals surface area contributed by atoms with Crippen molar-refractivity contribution in [3.8, 4) is 0 Å². The van der Waals surface area contributed by atoms with Crippen LogP contribution in [-0.2, 0) is 37.5 Å². The average Bonchev–Trinajstić information content (AvgIpc) is 3.47. The van der Waals surface area contributed by atoms with Crippen LogP contribution in [0, 0.1) is 11.8 Å². The van der Waals surface area contributed by atoms with Crippen LogP contribution >= 0.6 is 7.82 Å². The summed E-state index contributed by atoms with van der Waals surface area (Å²) >= 11 is 0. The lowest BCUT2D eigenvalue weighted by molar-refractivity contribution is -0.161. The number of nitrogens with two attached hydrogens (primary N) is 1. The molecule has 1 fully saturated rings. The van der Waals surface area contributed by atoms with Gasteiger partial charge in [0.15, 0.2) is 6.10 Å². The van der Waals surface area contributed by atoms with Crippen molar-refractivity contribution in [1.29, 1.82) is 0 Å². The van der Waals surface area contributed by atoms with E-state index in [2.05, 4.69) is 62.5 Å². The van der Waals surface area contributed by atoms with Gasteiger partial charge in [0.25, 0.3) is 0 Å². The molecule has 13 heteroatoms. The van der Waals surface area contributed by atoms with E-state index in [1.165, 1.54) is 0 Å². The van der Waals surface area contributed by atoms with Gasteiger partial charge in [-0.1, -0.05) is 125 Å². The van der Waals surface area contributed by atoms with E-state index in [1.807, 2.05) is 12.2 Å². The molecule has 6 atom stereocenters. The summed E-state index contributed by atoms with van der Waals surface area (Å²) in [6.45, 7) is 3.15. The van der Waals surface area contributed by atoms with E-state index in [1.54, 1.807) is 12.2 Å². The number of phosphoric ester groups is 1. The monoisotopic (exact) mass is 835 g/mol. The van der Waals surface area contributed by atoms with E-state index in [4.69, 9.17) is 24.3 Å². The highest BCUT2D eigenvalue weighted by Gasteiger charge is 2.39. The van der Waals surface area contributed by atoms with Crippen LogP contribution in [0.1, 0.15) is 136 Å². The maximum absolute atomic E-state index is 12.7. The molecule has 0 saturated heterocycles. The number of hydrogen-bond donors (Lipinski definition) is 4. The highest BCUT2D eigenvalue weighted by molar-refractivity contribution is 7.47. The molecule has 0 amide bonds. The molecule has 0 bridgehead atoms. The fourth-order valence-corrected chi connectivity index (χ4v) is 7.04. The number of carbonyl (C=O) groups excluding carboxylic acids is 3. The number of aliphatic hydroxyl groups excluding tert-OH is 2. The zero-order valence-electron chi connectivity index (χ0n) is 35.2. The predicted molar refractivity (Wildman–Crippen MR) is 230 cm³/mol. The molecule has 5 N–H and O–H groups in total. The van der Waals surface area contributed by atoms with Crippen molar-refractivity contribution in [1.82, 2.24) is 0 Å². The highest BCUT2D eigenvalue weighted by Crippen LogP contribution is 2.43. The zero-order valence-corrected chi connectivity index (χ0v) is 36.1. The van der Waals surface area contributed by atoms with Gasteiger partial charge in [0.05, 0.1) is 25.4 Å². The summed E-state index contributed by atoms with van der Waals surface area (Å²) in [5, 5.41) is 20.7. The SMILES string of the molecule is CC/C=C\C/C=C\C/C=C\C/C=C\C/C=C\CCCC(=O)OC[C@H](COP(=O)(O)OCCN)OC(=O)CCCCCC[C@H]1C(=O)C[C@@H](O)[C@@H]1/C=C/[C@@H](O)CCCCC. The largest absolute Gasteiger partial charge is 0.472 e. The molecular weight excluding hydrogens is 761 g/mol. The van der Waals surface area contributed by atoms with Crippen LogP contribution < -0.4 is 5.73 Å². The van der Waals surface area contributed by atoms with Crippen LogP contribution in [0.3, 0.4) is 0 Å². The third kappa shape index (κ3) is 28.5. The number of unbranched alkanes of at least 4 members (excludes halogenated alkanes) is 6. The van der Waals surface area contributed by atoms with Crippen LogP contribution in [0.25, 0.3) is 0 Å². The second-order valence-electron chi connectivity index (χ2n) is 14.6. The molecule has 12 nitrogen and oxygen atoms in total. The van der Waals surface area contributed by atoms with Gasteiger partial charge in [0, 0.05) is 37.6 Å². The third-order valence-electron chi connectivity index (χ3n) is 9.47. The molecule has 330 valence electrons. The number of carbonyl (C=O) groups is 3. The van der Waals surface area contributed by atoms with Crippen LogP contribution in [0.2, 0.25) is 0 Å². The van der Waals surface area contributed by atoms with Gasteiger partial charge >= 0.3 is 19.8 Å². The number of hydrogen-bond acceptors (Lipinski definition) is 11. The average molecular weight is 836 g/mol. The Hall–Kier alpha value is -2.96. The van der Waals surface area contributed by atoms with E-state index in [0.29, 0.717) is 38.5 Å². The number of Topliss-reactive ketones (excluding diaryl/α,β-unsaturated/α-hetero) is 1. The summed E-state index contributed by atoms with van der Waals surface area (Å²) in [7, 11) is -4.46. The van der Waals surface area contributed by atoms with E-state index >= 15 is 0 Å². The summed E-state index contributed by atoms with van der Waals surface area (Å²) < 4.78 is 32.7. The Balaban J connectivity index is 2.43. The van der Waals surface area contributed by atoms with Gasteiger partial charge in [-0.05, 0) is 64.2 Å². The Morgan fingerprint density at radius 2 is 1.43 bits per heavy atom. The minimum absolute atomic E-state index is 0.00341. The summed E-state index contributed by atoms with van der Waals surface area (Å²) in [6.07, 6.45) is 35.6. The Morgan fingerprint density at radius 3 is 2.07 bits per heavy atom. The normalized spacial score (nSPS) is 19.8. The standard InChI is InChI=1S/C45H74NO11P/c1-3-5-7-8-9-10-11-12-13-14-15-16-17-18-19-20-25-29-44(50)54-36-39(37-56-58(52,53)55-34-33-46)57-45(51)30-26-22-21-24-28-40-41(43(49)35-42(40)48)32-31-38(47)27-23-6-4-2/h5,7,9-10,12-13,15-16,18-19,31-32,38-41,43,47,49H,3-4,6,8,11,14,17,20-30,33-37,46H2,1-2H3,(H,52,53)/b7-5-,10-9-,13-12-,16-15-,19-18-,32-31+/t38-,39+,40+,41+,43+/m0/s1. The van der Waals surface area contributed by atoms with Crippen molar-refractivity contribution < 1.29 is 52.6 Å². The topological polar surface area (TPSA) is 192 Å². The quantitative estimate of drug-likeness (QED) is 0.0206. The van der Waals surface area contributed by atoms with Crippen LogP contribution in [0.5, 0.6) is 0 Å². The minimum Gasteiger partial charge on any atom is -0.462 e. The Labute approximate surface area is 348 Å². The first kappa shape index (κ1) is 53.1. The molecule has 0 aromatic rings. The lowest BCUT2D eigenvalue weighted by Crippen LogP contribution is -2.29. The van der Waals surface area contributed by atoms with E-state index in [0.717, 1.165) is 64.2 Å². The number of phosphoric acid groups is 1. The van der Waals surface area contributed by atoms with E-state index < -0.39 is 44.7 Å². The number of ketones is 1. The predicted octanol–water partition coefficient (Wildman–Crippen LogP) is 8.86. The number of esters is 2. The van der Waals surface area contributed by atoms with Gasteiger partial charge in [-0.25, -0.2) is 4.57 Å². The number of ether oxygens (including phenoxy) is 2. The molecule has 0 heterocycles. The third-order valence-corrected chi connectivity index (χ3v) is 10.5. The van der Waals surface area contributed by atoms with Crippen molar-refractivity contribution >= 4 is 25.5 Å². The maximum Gasteiger partial charge on any atom is 0.472 e. The van der Waals surface area contributed by atoms with Crippen molar-refractivity contribution in [3.63, 3.8) is 0 Å². The molecule has 58 heavy (non-hydrogen) atoms. The van der Waals surface area contributed by atoms with Gasteiger partial charge in [-0.15, -0.1) is 0 Å². The lowest BCUT2D eigenvalue weighted by atomic mass is 9.88. The molecule has 0 spiro atoms. The van der Waals surface area contributed by atoms with Crippen molar-refractivity contribution in [3.05, 3.63) is 72.9 Å². The van der Waals surface area contributed by atoms with Crippen LogP contribution in [0.15, 0.2) is 72.9 Å². The zero-order chi connectivity index (χ0) is 42.7. The number of allylic oxidation sites excluding steroid dienone is 10. The second kappa shape index (κ2) is 34.9. The summed E-state index contributed by atoms with van der Waals surface area (Å²) in [5.74, 6) is -1.64. The number of aliphatic hydroxyl groups is 2. The molecule has 0 radical (unpaired) electrons. The van der Waals surface area contributed by atoms with Gasteiger partial charge in [0.2, 0.25) is 0 Å². The van der Waals surface area contributed by atoms with Gasteiger partial charge < -0.3 is 30.3 Å². The molecule has 0 aromatic carbocycles. The fraction of sp³-hybridized carbons (Fsp3) is 0.667. The maximum atomic E-state index is 12.7. The Bertz CT molecular complexity index is 1340. The van der Waals surface area contributed by atoms with Gasteiger partial charge in [-0.2, -0.15) is 0 Å². The molecule has 0 aromatic heterocycles. The minimum atomic E-state index is -4.46. The Morgan fingerprint density at radius 1 is 0.810 bits per heavy atom. The van der Waals surface area contributed by atoms with E-state index in [9.17, 15) is 34.1 Å². The fourth-order valence-electron chi connectivity index (χ4n) is 6.27. The highest BCUT2D eigenvalue weighted by atomic mass is 31.2. The van der Waals surface area contributed by atoms with Crippen molar-refractivity contribution in [2.45, 2.75) is 154 Å². The molecule has 1 saturated carbocycles. The van der Waals surface area contributed by atoms with E-state index in [-0.39, 0.29) is 56.6 Å². The first-order valence-electron chi connectivity index (χ1n) is 21.5. The summed E-state index contributed by atoms with van der Waals surface area (Å²) in [4.78, 5) is 47.6. The molecule has 1 unspecified atom stereocenters. The van der Waals surface area contributed by atoms with Crippen LogP contribution in [-0.4, -0.2) is 77.5 Å². The molecule has 1 aliphatic rings. The second-order valence-corrected chi connectivity index (χ2v) is 16.1. The summed E-state index contributed by atoms with van der Waals surface area (Å²) in [6, 6.07) is 0. The summed E-state index contributed by atoms with van der Waals surface area (Å²) in [5.41, 5.74) is 5.34. The first-order chi connectivity index (χ1) is 28.0. The Kier molecular flexibility index (Phi) is 31.9. The van der Waals surface area contributed by atoms with Gasteiger partial charge in [-0.3, -0.25) is 23.4 Å². The van der Waals surface area contributed by atoms with Crippen LogP contribution in [0.4, 0.5) is 0 Å². The molecule has 0 aliphatic heterocycles. The lowest BCUT2D eigenvalue weighted by Gasteiger charge is -2.20. The molecule has 1 aliphatic carbocycles. The first-order valence-corrected chi connectivity index (χ1v) is 23.0. The van der Waals surface area contributed by atoms with Crippen molar-refractivity contribution in [2.75, 3.05) is 26.4 Å². The van der Waals surface area contributed by atoms with Gasteiger partial charge in [0.1, 0.15) is 12.4 Å². The molecular formula is C45H74NO11P. The van der Waals surface area contributed by atoms with Crippen molar-refractivity contribution in [2.24, 2.45) is 17.6 Å². The number of rotatable bonds is 35. The molecule has 1 rings (SSSR count). The smallest absolute Gasteiger partial charge is 0.462 e.